The number of Topliss-reactive ketones (excluding diaryl/α,β-unsaturated/α-hetero) is 1. The number of fused-ring (bicyclic) bond motifs is 1. The topological polar surface area (TPSA) is 75.3 Å². The number of ketones is 1. The molecule has 0 aliphatic carbocycles. The summed E-state index contributed by atoms with van der Waals surface area (Å²) in [7, 11) is -3.04. The molecule has 0 amide bonds. The van der Waals surface area contributed by atoms with Crippen LogP contribution in [-0.2, 0) is 14.6 Å². The molecule has 102 valence electrons. The lowest BCUT2D eigenvalue weighted by Gasteiger charge is -2.16. The van der Waals surface area contributed by atoms with Crippen molar-refractivity contribution in [3.05, 3.63) is 0 Å². The van der Waals surface area contributed by atoms with Gasteiger partial charge in [0.25, 0.3) is 0 Å². The van der Waals surface area contributed by atoms with Crippen molar-refractivity contribution in [2.24, 2.45) is 0 Å². The fourth-order valence-corrected chi connectivity index (χ4v) is 5.28. The zero-order valence-corrected chi connectivity index (χ0v) is 11.9. The van der Waals surface area contributed by atoms with E-state index in [1.807, 2.05) is 0 Å². The first-order valence-corrected chi connectivity index (χ1v) is 8.30. The van der Waals surface area contributed by atoms with Crippen LogP contribution in [0, 0.1) is 0 Å². The van der Waals surface area contributed by atoms with Crippen LogP contribution in [0.3, 0.4) is 0 Å². The molecular formula is C11H18N2O3S2. The van der Waals surface area contributed by atoms with Gasteiger partial charge in [-0.1, -0.05) is 6.42 Å². The predicted octanol–water partition coefficient (Wildman–Crippen LogP) is 0.148. The highest BCUT2D eigenvalue weighted by atomic mass is 32.2. The van der Waals surface area contributed by atoms with E-state index in [9.17, 15) is 13.2 Å². The Bertz CT molecular complexity index is 461. The molecule has 18 heavy (non-hydrogen) atoms. The van der Waals surface area contributed by atoms with Gasteiger partial charge in [0.15, 0.2) is 14.9 Å². The number of unbranched alkanes of at least 4 members (excludes halogenated alkanes) is 1. The smallest absolute Gasteiger partial charge is 0.166 e. The number of rotatable bonds is 5. The summed E-state index contributed by atoms with van der Waals surface area (Å²) in [4.78, 5) is 10.8. The van der Waals surface area contributed by atoms with Crippen LogP contribution in [0.2, 0.25) is 0 Å². The standard InChI is InChI=1S/C11H18N2O3S2/c1-7(14)4-2-3-5-9-10-8(6-18(9,15)16)12-11(17)13-10/h8-10H,2-6H2,1H3,(H2,12,13,17)/t8-,9-,10-/m0/s1. The fraction of sp³-hybridized carbons (Fsp3) is 0.818. The second kappa shape index (κ2) is 5.13. The summed E-state index contributed by atoms with van der Waals surface area (Å²) in [6, 6.07) is -0.180. The van der Waals surface area contributed by atoms with Crippen molar-refractivity contribution >= 4 is 33.0 Å². The van der Waals surface area contributed by atoms with E-state index in [0.29, 0.717) is 18.0 Å². The van der Waals surface area contributed by atoms with E-state index in [-0.39, 0.29) is 28.9 Å². The monoisotopic (exact) mass is 290 g/mol. The lowest BCUT2D eigenvalue weighted by molar-refractivity contribution is -0.117. The highest BCUT2D eigenvalue weighted by molar-refractivity contribution is 7.92. The van der Waals surface area contributed by atoms with Crippen molar-refractivity contribution in [2.75, 3.05) is 5.75 Å². The first-order chi connectivity index (χ1) is 8.40. The lowest BCUT2D eigenvalue weighted by atomic mass is 10.0. The molecule has 2 aliphatic heterocycles. The second-order valence-electron chi connectivity index (χ2n) is 5.07. The molecule has 2 saturated heterocycles. The van der Waals surface area contributed by atoms with Crippen LogP contribution in [0.5, 0.6) is 0 Å². The fourth-order valence-electron chi connectivity index (χ4n) is 2.73. The van der Waals surface area contributed by atoms with Crippen LogP contribution in [-0.4, -0.2) is 42.4 Å². The molecule has 2 rings (SSSR count). The van der Waals surface area contributed by atoms with Gasteiger partial charge in [-0.15, -0.1) is 0 Å². The molecule has 0 aromatic rings. The molecule has 2 heterocycles. The molecule has 5 nitrogen and oxygen atoms in total. The maximum Gasteiger partial charge on any atom is 0.166 e. The molecule has 0 spiro atoms. The van der Waals surface area contributed by atoms with Gasteiger partial charge in [-0.3, -0.25) is 0 Å². The minimum atomic E-state index is -3.04. The number of hydrogen-bond donors (Lipinski definition) is 2. The maximum atomic E-state index is 12.0. The Morgan fingerprint density at radius 2 is 2.11 bits per heavy atom. The Balaban J connectivity index is 1.93. The van der Waals surface area contributed by atoms with Gasteiger partial charge >= 0.3 is 0 Å². The molecule has 2 N–H and O–H groups in total. The third kappa shape index (κ3) is 2.83. The molecule has 0 radical (unpaired) electrons. The van der Waals surface area contributed by atoms with E-state index in [2.05, 4.69) is 10.6 Å². The van der Waals surface area contributed by atoms with Crippen LogP contribution in [0.1, 0.15) is 32.6 Å². The highest BCUT2D eigenvalue weighted by Crippen LogP contribution is 2.28. The Labute approximate surface area is 113 Å². The highest BCUT2D eigenvalue weighted by Gasteiger charge is 2.50. The minimum absolute atomic E-state index is 0.0830. The van der Waals surface area contributed by atoms with Gasteiger partial charge in [0.2, 0.25) is 0 Å². The van der Waals surface area contributed by atoms with Crippen LogP contribution in [0.15, 0.2) is 0 Å². The molecule has 0 aromatic heterocycles. The third-order valence-electron chi connectivity index (χ3n) is 3.59. The van der Waals surface area contributed by atoms with Gasteiger partial charge in [0.1, 0.15) is 5.78 Å². The van der Waals surface area contributed by atoms with Crippen molar-refractivity contribution in [1.29, 1.82) is 0 Å². The molecule has 0 unspecified atom stereocenters. The SMILES string of the molecule is CC(=O)CCCC[C@H]1[C@H]2NC(=S)N[C@H]2CS1(=O)=O. The normalized spacial score (nSPS) is 32.7. The third-order valence-corrected chi connectivity index (χ3v) is 6.10. The predicted molar refractivity (Wildman–Crippen MR) is 73.2 cm³/mol. The summed E-state index contributed by atoms with van der Waals surface area (Å²) >= 11 is 5.01. The zero-order valence-electron chi connectivity index (χ0n) is 10.3. The van der Waals surface area contributed by atoms with Gasteiger partial charge in [0.05, 0.1) is 23.1 Å². The summed E-state index contributed by atoms with van der Waals surface area (Å²) in [5.41, 5.74) is 0. The Hall–Kier alpha value is -0.690. The average molecular weight is 290 g/mol. The molecule has 3 atom stereocenters. The van der Waals surface area contributed by atoms with Crippen molar-refractivity contribution in [2.45, 2.75) is 49.9 Å². The quantitative estimate of drug-likeness (QED) is 0.554. The average Bonchev–Trinajstić information content (AvgIpc) is 2.66. The molecule has 0 aromatic carbocycles. The first-order valence-electron chi connectivity index (χ1n) is 6.18. The summed E-state index contributed by atoms with van der Waals surface area (Å²) in [5, 5.41) is 6.22. The summed E-state index contributed by atoms with van der Waals surface area (Å²) in [6.45, 7) is 1.56. The summed E-state index contributed by atoms with van der Waals surface area (Å²) in [5.74, 6) is 0.311. The first kappa shape index (κ1) is 13.7. The van der Waals surface area contributed by atoms with Crippen molar-refractivity contribution < 1.29 is 13.2 Å². The number of nitrogens with one attached hydrogen (secondary N) is 2. The summed E-state index contributed by atoms with van der Waals surface area (Å²) < 4.78 is 24.0. The number of sulfone groups is 1. The van der Waals surface area contributed by atoms with E-state index in [1.54, 1.807) is 6.92 Å². The summed E-state index contributed by atoms with van der Waals surface area (Å²) in [6.07, 6.45) is 2.66. The van der Waals surface area contributed by atoms with Gasteiger partial charge in [-0.2, -0.15) is 0 Å². The van der Waals surface area contributed by atoms with E-state index < -0.39 is 9.84 Å². The largest absolute Gasteiger partial charge is 0.357 e. The van der Waals surface area contributed by atoms with Gasteiger partial charge in [-0.05, 0) is 32.0 Å². The Kier molecular flexibility index (Phi) is 3.91. The van der Waals surface area contributed by atoms with E-state index in [4.69, 9.17) is 12.2 Å². The Morgan fingerprint density at radius 1 is 1.39 bits per heavy atom. The van der Waals surface area contributed by atoms with E-state index >= 15 is 0 Å². The Morgan fingerprint density at radius 3 is 2.78 bits per heavy atom. The van der Waals surface area contributed by atoms with Crippen LogP contribution in [0.25, 0.3) is 0 Å². The molecular weight excluding hydrogens is 272 g/mol. The number of carbonyl (C=O) groups is 1. The van der Waals surface area contributed by atoms with Crippen LogP contribution < -0.4 is 10.6 Å². The molecule has 2 fully saturated rings. The van der Waals surface area contributed by atoms with Crippen molar-refractivity contribution in [3.63, 3.8) is 0 Å². The van der Waals surface area contributed by atoms with Crippen molar-refractivity contribution in [3.8, 4) is 0 Å². The van der Waals surface area contributed by atoms with Gasteiger partial charge in [-0.25, -0.2) is 8.42 Å². The van der Waals surface area contributed by atoms with Crippen LogP contribution >= 0.6 is 12.2 Å². The lowest BCUT2D eigenvalue weighted by Crippen LogP contribution is -2.38. The van der Waals surface area contributed by atoms with Gasteiger partial charge < -0.3 is 15.4 Å². The zero-order chi connectivity index (χ0) is 13.3. The number of carbonyl (C=O) groups excluding carboxylic acids is 1. The van der Waals surface area contributed by atoms with Gasteiger partial charge in [0, 0.05) is 6.42 Å². The molecule has 7 heteroatoms. The number of thiocarbonyl (C=S) groups is 1. The minimum Gasteiger partial charge on any atom is -0.357 e. The van der Waals surface area contributed by atoms with Crippen molar-refractivity contribution in [1.82, 2.24) is 10.6 Å². The second-order valence-corrected chi connectivity index (χ2v) is 7.74. The number of hydrogen-bond acceptors (Lipinski definition) is 4. The van der Waals surface area contributed by atoms with E-state index in [0.717, 1.165) is 12.8 Å². The molecule has 0 bridgehead atoms. The van der Waals surface area contributed by atoms with Crippen LogP contribution in [0.4, 0.5) is 0 Å². The maximum absolute atomic E-state index is 12.0. The van der Waals surface area contributed by atoms with E-state index in [1.165, 1.54) is 0 Å². The molecule has 0 saturated carbocycles. The molecule has 2 aliphatic rings.